The van der Waals surface area contributed by atoms with Crippen LogP contribution < -0.4 is 5.56 Å². The van der Waals surface area contributed by atoms with Gasteiger partial charge in [0.05, 0.1) is 6.20 Å². The van der Waals surface area contributed by atoms with Gasteiger partial charge in [0.15, 0.2) is 10.4 Å². The Bertz CT molecular complexity index is 650. The number of carbonyl (C=O) groups is 1. The average Bonchev–Trinajstić information content (AvgIpc) is 2.73. The van der Waals surface area contributed by atoms with Crippen molar-refractivity contribution in [2.24, 2.45) is 10.2 Å². The number of pyridine rings is 1. The molecule has 0 aliphatic carbocycles. The third-order valence-corrected chi connectivity index (χ3v) is 2.25. The van der Waals surface area contributed by atoms with Crippen molar-refractivity contribution in [3.8, 4) is 0 Å². The zero-order valence-electron chi connectivity index (χ0n) is 8.87. The van der Waals surface area contributed by atoms with E-state index in [2.05, 4.69) is 41.1 Å². The second-order valence-corrected chi connectivity index (χ2v) is 3.81. The SMILES string of the molecule is O=C1N=Nc2cnc(Br)nc21.O=c1cccc[nH]1. The molecule has 0 saturated carbocycles. The van der Waals surface area contributed by atoms with Crippen molar-refractivity contribution in [1.82, 2.24) is 15.0 Å². The van der Waals surface area contributed by atoms with E-state index in [-0.39, 0.29) is 11.3 Å². The third-order valence-electron chi connectivity index (χ3n) is 1.87. The molecular weight excluding hydrogens is 302 g/mol. The van der Waals surface area contributed by atoms with Crippen molar-refractivity contribution in [3.63, 3.8) is 0 Å². The van der Waals surface area contributed by atoms with Crippen LogP contribution >= 0.6 is 15.9 Å². The zero-order chi connectivity index (χ0) is 13.0. The maximum absolute atomic E-state index is 10.8. The summed E-state index contributed by atoms with van der Waals surface area (Å²) in [6.07, 6.45) is 3.04. The molecular formula is C10H6BrN5O2. The van der Waals surface area contributed by atoms with Crippen LogP contribution in [0.1, 0.15) is 10.5 Å². The van der Waals surface area contributed by atoms with E-state index in [1.807, 2.05) is 0 Å². The summed E-state index contributed by atoms with van der Waals surface area (Å²) in [6, 6.07) is 4.93. The number of nitrogens with one attached hydrogen (secondary N) is 1. The number of nitrogens with zero attached hydrogens (tertiary/aromatic N) is 4. The van der Waals surface area contributed by atoms with Crippen LogP contribution in [0.3, 0.4) is 0 Å². The molecule has 0 spiro atoms. The first kappa shape index (κ1) is 12.2. The van der Waals surface area contributed by atoms with E-state index >= 15 is 0 Å². The summed E-state index contributed by atoms with van der Waals surface area (Å²) < 4.78 is 0.372. The molecule has 18 heavy (non-hydrogen) atoms. The van der Waals surface area contributed by atoms with E-state index < -0.39 is 5.91 Å². The smallest absolute Gasteiger partial charge is 0.316 e. The van der Waals surface area contributed by atoms with Gasteiger partial charge in [0.2, 0.25) is 5.56 Å². The number of aromatic nitrogens is 3. The molecule has 0 atom stereocenters. The van der Waals surface area contributed by atoms with Gasteiger partial charge in [-0.05, 0) is 22.0 Å². The zero-order valence-corrected chi connectivity index (χ0v) is 10.5. The van der Waals surface area contributed by atoms with Gasteiger partial charge in [0.1, 0.15) is 5.69 Å². The van der Waals surface area contributed by atoms with Gasteiger partial charge in [0, 0.05) is 12.3 Å². The Kier molecular flexibility index (Phi) is 3.68. The van der Waals surface area contributed by atoms with Gasteiger partial charge in [-0.25, -0.2) is 9.97 Å². The minimum Gasteiger partial charge on any atom is -0.329 e. The van der Waals surface area contributed by atoms with Crippen molar-refractivity contribution in [3.05, 3.63) is 51.4 Å². The lowest BCUT2D eigenvalue weighted by Crippen LogP contribution is -1.98. The predicted octanol–water partition coefficient (Wildman–Crippen LogP) is 1.85. The van der Waals surface area contributed by atoms with E-state index in [0.717, 1.165) is 0 Å². The second kappa shape index (κ2) is 5.41. The Morgan fingerprint density at radius 2 is 2.00 bits per heavy atom. The third kappa shape index (κ3) is 2.92. The monoisotopic (exact) mass is 307 g/mol. The molecule has 0 aromatic carbocycles. The molecule has 8 heteroatoms. The summed E-state index contributed by atoms with van der Waals surface area (Å²) in [7, 11) is 0. The Hall–Kier alpha value is -2.22. The summed E-state index contributed by atoms with van der Waals surface area (Å²) in [4.78, 5) is 31.1. The molecule has 0 radical (unpaired) electrons. The predicted molar refractivity (Wildman–Crippen MR) is 65.6 cm³/mol. The van der Waals surface area contributed by atoms with Gasteiger partial charge in [-0.1, -0.05) is 6.07 Å². The van der Waals surface area contributed by atoms with Gasteiger partial charge in [-0.3, -0.25) is 9.59 Å². The van der Waals surface area contributed by atoms with Crippen molar-refractivity contribution in [2.45, 2.75) is 0 Å². The van der Waals surface area contributed by atoms with E-state index in [1.165, 1.54) is 12.3 Å². The van der Waals surface area contributed by atoms with Crippen molar-refractivity contribution >= 4 is 27.5 Å². The number of fused-ring (bicyclic) bond motifs is 1. The van der Waals surface area contributed by atoms with Gasteiger partial charge in [-0.15, -0.1) is 10.2 Å². The van der Waals surface area contributed by atoms with Crippen molar-refractivity contribution in [1.29, 1.82) is 0 Å². The fourth-order valence-electron chi connectivity index (χ4n) is 1.11. The maximum atomic E-state index is 10.8. The highest BCUT2D eigenvalue weighted by Crippen LogP contribution is 2.24. The lowest BCUT2D eigenvalue weighted by Gasteiger charge is -1.90. The van der Waals surface area contributed by atoms with Crippen LogP contribution in [0.5, 0.6) is 0 Å². The summed E-state index contributed by atoms with van der Waals surface area (Å²) >= 11 is 3.03. The molecule has 90 valence electrons. The largest absolute Gasteiger partial charge is 0.329 e. The molecule has 0 bridgehead atoms. The molecule has 1 aliphatic heterocycles. The highest BCUT2D eigenvalue weighted by Gasteiger charge is 2.19. The normalized spacial score (nSPS) is 11.7. The van der Waals surface area contributed by atoms with Crippen LogP contribution in [0.25, 0.3) is 0 Å². The van der Waals surface area contributed by atoms with Crippen LogP contribution in [-0.2, 0) is 0 Å². The van der Waals surface area contributed by atoms with Crippen molar-refractivity contribution in [2.75, 3.05) is 0 Å². The minimum atomic E-state index is -0.414. The van der Waals surface area contributed by atoms with Crippen LogP contribution in [0, 0.1) is 0 Å². The molecule has 3 heterocycles. The topological polar surface area (TPSA) is 100 Å². The number of azo groups is 1. The van der Waals surface area contributed by atoms with Crippen LogP contribution in [0.2, 0.25) is 0 Å². The van der Waals surface area contributed by atoms with Gasteiger partial charge < -0.3 is 4.98 Å². The van der Waals surface area contributed by atoms with Gasteiger partial charge in [0.25, 0.3) is 0 Å². The highest BCUT2D eigenvalue weighted by molar-refractivity contribution is 9.10. The molecule has 0 unspecified atom stereocenters. The number of amides is 1. The van der Waals surface area contributed by atoms with Crippen molar-refractivity contribution < 1.29 is 4.79 Å². The van der Waals surface area contributed by atoms with E-state index in [9.17, 15) is 9.59 Å². The fraction of sp³-hybridized carbons (Fsp3) is 0. The number of hydrogen-bond acceptors (Lipinski definition) is 5. The maximum Gasteiger partial charge on any atom is 0.316 e. The molecule has 0 saturated heterocycles. The summed E-state index contributed by atoms with van der Waals surface area (Å²) in [5.41, 5.74) is 0.632. The quantitative estimate of drug-likeness (QED) is 0.750. The Morgan fingerprint density at radius 1 is 1.17 bits per heavy atom. The minimum absolute atomic E-state index is 0.0532. The number of hydrogen-bond donors (Lipinski definition) is 1. The standard InChI is InChI=1S/C5HBrN4O.C5H5NO/c6-5-7-1-2-3(8-5)4(11)10-9-2;7-5-3-1-2-4-6-5/h1H;1-4H,(H,6,7). The van der Waals surface area contributed by atoms with Crippen LogP contribution in [0.4, 0.5) is 5.69 Å². The summed E-state index contributed by atoms with van der Waals surface area (Å²) in [6.45, 7) is 0. The molecule has 1 amide bonds. The number of H-pyrrole nitrogens is 1. The van der Waals surface area contributed by atoms with E-state index in [1.54, 1.807) is 18.3 Å². The Labute approximate surface area is 109 Å². The molecule has 2 aromatic rings. The molecule has 0 fully saturated rings. The van der Waals surface area contributed by atoms with Crippen LogP contribution in [-0.4, -0.2) is 20.9 Å². The highest BCUT2D eigenvalue weighted by atomic mass is 79.9. The Balaban J connectivity index is 0.000000149. The average molecular weight is 308 g/mol. The Morgan fingerprint density at radius 3 is 2.61 bits per heavy atom. The van der Waals surface area contributed by atoms with E-state index in [4.69, 9.17) is 0 Å². The van der Waals surface area contributed by atoms with Crippen LogP contribution in [0.15, 0.2) is 50.3 Å². The molecule has 1 N–H and O–H groups in total. The second-order valence-electron chi connectivity index (χ2n) is 3.10. The summed E-state index contributed by atoms with van der Waals surface area (Å²) in [5, 5.41) is 6.86. The first-order chi connectivity index (χ1) is 8.66. The lowest BCUT2D eigenvalue weighted by molar-refractivity contribution is 0.0998. The number of carbonyl (C=O) groups excluding carboxylic acids is 1. The number of aromatic amines is 1. The lowest BCUT2D eigenvalue weighted by atomic mass is 10.4. The number of rotatable bonds is 0. The van der Waals surface area contributed by atoms with Gasteiger partial charge in [-0.2, -0.15) is 0 Å². The molecule has 2 aromatic heterocycles. The fourth-order valence-corrected chi connectivity index (χ4v) is 1.39. The molecule has 1 aliphatic rings. The first-order valence-corrected chi connectivity index (χ1v) is 5.58. The van der Waals surface area contributed by atoms with E-state index in [0.29, 0.717) is 10.4 Å². The van der Waals surface area contributed by atoms with Gasteiger partial charge >= 0.3 is 5.91 Å². The summed E-state index contributed by atoms with van der Waals surface area (Å²) in [5.74, 6) is -0.414. The number of halogens is 1. The molecule has 7 nitrogen and oxygen atoms in total. The first-order valence-electron chi connectivity index (χ1n) is 4.79. The molecule has 3 rings (SSSR count).